The maximum Gasteiger partial charge on any atom is 0.136 e. The van der Waals surface area contributed by atoms with Crippen LogP contribution in [0.4, 0.5) is 0 Å². The molecule has 0 fully saturated rings. The van der Waals surface area contributed by atoms with Crippen molar-refractivity contribution in [1.82, 2.24) is 4.98 Å². The third-order valence-corrected chi connectivity index (χ3v) is 4.50. The number of hydrogen-bond acceptors (Lipinski definition) is 4. The maximum atomic E-state index is 5.93. The average Bonchev–Trinajstić information content (AvgIpc) is 2.79. The third-order valence-electron chi connectivity index (χ3n) is 2.88. The van der Waals surface area contributed by atoms with Crippen molar-refractivity contribution in [2.75, 3.05) is 13.2 Å². The molecule has 102 valence electrons. The Labute approximate surface area is 125 Å². The van der Waals surface area contributed by atoms with Crippen LogP contribution in [0.15, 0.2) is 28.2 Å². The minimum atomic E-state index is 0.626. The van der Waals surface area contributed by atoms with Gasteiger partial charge in [0.25, 0.3) is 0 Å². The van der Waals surface area contributed by atoms with Crippen LogP contribution in [-0.4, -0.2) is 18.1 Å². The van der Waals surface area contributed by atoms with E-state index in [4.69, 9.17) is 10.5 Å². The number of aryl methyl sites for hydroxylation is 1. The Hall–Kier alpha value is -0.910. The highest BCUT2D eigenvalue weighted by atomic mass is 79.9. The van der Waals surface area contributed by atoms with E-state index in [9.17, 15) is 0 Å². The van der Waals surface area contributed by atoms with E-state index in [0.717, 1.165) is 34.3 Å². The number of nitrogens with two attached hydrogens (primary N) is 1. The lowest BCUT2D eigenvalue weighted by atomic mass is 10.1. The van der Waals surface area contributed by atoms with Gasteiger partial charge in [-0.25, -0.2) is 4.98 Å². The van der Waals surface area contributed by atoms with Crippen molar-refractivity contribution < 1.29 is 4.74 Å². The van der Waals surface area contributed by atoms with Crippen molar-refractivity contribution in [3.63, 3.8) is 0 Å². The highest BCUT2D eigenvalue weighted by Crippen LogP contribution is 2.29. The normalized spacial score (nSPS) is 10.7. The molecule has 2 rings (SSSR count). The van der Waals surface area contributed by atoms with Gasteiger partial charge in [0.2, 0.25) is 0 Å². The Balaban J connectivity index is 2.01. The second-order valence-corrected chi connectivity index (χ2v) is 6.02. The number of nitrogens with zero attached hydrogens (tertiary/aromatic N) is 1. The van der Waals surface area contributed by atoms with Crippen molar-refractivity contribution in [1.29, 1.82) is 0 Å². The molecule has 0 aliphatic heterocycles. The topological polar surface area (TPSA) is 48.1 Å². The van der Waals surface area contributed by atoms with E-state index >= 15 is 0 Å². The van der Waals surface area contributed by atoms with E-state index in [1.165, 1.54) is 4.88 Å². The van der Waals surface area contributed by atoms with Crippen molar-refractivity contribution in [3.8, 4) is 5.75 Å². The highest BCUT2D eigenvalue weighted by Gasteiger charge is 2.08. The molecule has 3 nitrogen and oxygen atoms in total. The van der Waals surface area contributed by atoms with E-state index in [1.807, 2.05) is 24.6 Å². The number of aromatic nitrogens is 1. The number of thiazole rings is 1. The Morgan fingerprint density at radius 1 is 1.37 bits per heavy atom. The van der Waals surface area contributed by atoms with Gasteiger partial charge in [0.05, 0.1) is 22.3 Å². The number of hydrogen-bond donors (Lipinski definition) is 1. The second kappa shape index (κ2) is 7.03. The fourth-order valence-electron chi connectivity index (χ4n) is 1.88. The molecule has 0 bridgehead atoms. The molecule has 2 aromatic rings. The molecule has 0 saturated heterocycles. The Morgan fingerprint density at radius 2 is 2.21 bits per heavy atom. The predicted molar refractivity (Wildman–Crippen MR) is 83.0 cm³/mol. The molecule has 1 heterocycles. The van der Waals surface area contributed by atoms with Gasteiger partial charge in [-0.05, 0) is 47.4 Å². The van der Waals surface area contributed by atoms with Crippen molar-refractivity contribution >= 4 is 27.3 Å². The molecule has 1 aromatic heterocycles. The Morgan fingerprint density at radius 3 is 2.89 bits per heavy atom. The first kappa shape index (κ1) is 14.5. The van der Waals surface area contributed by atoms with Crippen LogP contribution in [0.5, 0.6) is 5.75 Å². The number of halogens is 1. The van der Waals surface area contributed by atoms with E-state index < -0.39 is 0 Å². The summed E-state index contributed by atoms with van der Waals surface area (Å²) < 4.78 is 6.91. The molecular weight excluding hydrogens is 324 g/mol. The minimum absolute atomic E-state index is 0.626. The molecule has 0 spiro atoms. The lowest BCUT2D eigenvalue weighted by molar-refractivity contribution is 0.317. The third kappa shape index (κ3) is 3.78. The molecule has 5 heteroatoms. The molecule has 0 aliphatic carbocycles. The van der Waals surface area contributed by atoms with Crippen LogP contribution in [0.2, 0.25) is 0 Å². The summed E-state index contributed by atoms with van der Waals surface area (Å²) in [6, 6.07) is 6.06. The average molecular weight is 341 g/mol. The van der Waals surface area contributed by atoms with Crippen LogP contribution in [0.25, 0.3) is 0 Å². The summed E-state index contributed by atoms with van der Waals surface area (Å²) in [7, 11) is 0. The van der Waals surface area contributed by atoms with Gasteiger partial charge in [-0.2, -0.15) is 0 Å². The van der Waals surface area contributed by atoms with E-state index in [0.29, 0.717) is 13.2 Å². The van der Waals surface area contributed by atoms with Crippen LogP contribution < -0.4 is 10.5 Å². The summed E-state index contributed by atoms with van der Waals surface area (Å²) in [5.41, 5.74) is 9.76. The zero-order valence-electron chi connectivity index (χ0n) is 10.9. The zero-order chi connectivity index (χ0) is 13.7. The van der Waals surface area contributed by atoms with Crippen molar-refractivity contribution in [3.05, 3.63) is 44.3 Å². The first-order valence-corrected chi connectivity index (χ1v) is 7.89. The fraction of sp³-hybridized carbons (Fsp3) is 0.357. The SMILES string of the molecule is Cc1ncsc1CCOc1c(Br)cccc1CCN. The van der Waals surface area contributed by atoms with E-state index in [-0.39, 0.29) is 0 Å². The summed E-state index contributed by atoms with van der Waals surface area (Å²) >= 11 is 5.22. The van der Waals surface area contributed by atoms with Crippen LogP contribution in [-0.2, 0) is 12.8 Å². The molecular formula is C14H17BrN2OS. The molecule has 1 aromatic carbocycles. The summed E-state index contributed by atoms with van der Waals surface area (Å²) in [5.74, 6) is 0.912. The molecule has 0 radical (unpaired) electrons. The van der Waals surface area contributed by atoms with Crippen LogP contribution in [0, 0.1) is 6.92 Å². The first-order chi connectivity index (χ1) is 9.22. The minimum Gasteiger partial charge on any atom is -0.492 e. The lowest BCUT2D eigenvalue weighted by Crippen LogP contribution is -2.07. The summed E-state index contributed by atoms with van der Waals surface area (Å²) in [6.07, 6.45) is 1.72. The molecule has 2 N–H and O–H groups in total. The van der Waals surface area contributed by atoms with Crippen LogP contribution in [0.1, 0.15) is 16.1 Å². The largest absolute Gasteiger partial charge is 0.492 e. The smallest absolute Gasteiger partial charge is 0.136 e. The van der Waals surface area contributed by atoms with Crippen LogP contribution in [0.3, 0.4) is 0 Å². The molecule has 0 aliphatic rings. The number of benzene rings is 1. The standard InChI is InChI=1S/C14H17BrN2OS/c1-10-13(19-9-17-10)6-8-18-14-11(5-7-16)3-2-4-12(14)15/h2-4,9H,5-8,16H2,1H3. The van der Waals surface area contributed by atoms with Crippen LogP contribution >= 0.6 is 27.3 Å². The van der Waals surface area contributed by atoms with E-state index in [1.54, 1.807) is 11.3 Å². The molecule has 0 atom stereocenters. The lowest BCUT2D eigenvalue weighted by Gasteiger charge is -2.12. The van der Waals surface area contributed by atoms with Gasteiger partial charge >= 0.3 is 0 Å². The summed E-state index contributed by atoms with van der Waals surface area (Å²) in [6.45, 7) is 3.31. The van der Waals surface area contributed by atoms with Gasteiger partial charge in [-0.3, -0.25) is 0 Å². The predicted octanol–water partition coefficient (Wildman–Crippen LogP) is 3.34. The highest BCUT2D eigenvalue weighted by molar-refractivity contribution is 9.10. The zero-order valence-corrected chi connectivity index (χ0v) is 13.3. The Kier molecular flexibility index (Phi) is 5.36. The van der Waals surface area contributed by atoms with Crippen molar-refractivity contribution in [2.45, 2.75) is 19.8 Å². The number of rotatable bonds is 6. The van der Waals surface area contributed by atoms with Gasteiger partial charge in [-0.1, -0.05) is 12.1 Å². The first-order valence-electron chi connectivity index (χ1n) is 6.21. The van der Waals surface area contributed by atoms with Crippen molar-refractivity contribution in [2.24, 2.45) is 5.73 Å². The maximum absolute atomic E-state index is 5.93. The Bertz CT molecular complexity index is 542. The molecule has 0 saturated carbocycles. The molecule has 0 amide bonds. The number of para-hydroxylation sites is 1. The van der Waals surface area contributed by atoms with E-state index in [2.05, 4.69) is 27.0 Å². The summed E-state index contributed by atoms with van der Waals surface area (Å²) in [5, 5.41) is 0. The van der Waals surface area contributed by atoms with Gasteiger partial charge < -0.3 is 10.5 Å². The molecule has 0 unspecified atom stereocenters. The summed E-state index contributed by atoms with van der Waals surface area (Å²) in [4.78, 5) is 5.53. The quantitative estimate of drug-likeness (QED) is 0.877. The fourth-order valence-corrected chi connectivity index (χ4v) is 3.16. The van der Waals surface area contributed by atoms with Gasteiger partial charge in [0.1, 0.15) is 5.75 Å². The second-order valence-electron chi connectivity index (χ2n) is 4.23. The van der Waals surface area contributed by atoms with Gasteiger partial charge in [0.15, 0.2) is 0 Å². The number of ether oxygens (including phenoxy) is 1. The molecule has 19 heavy (non-hydrogen) atoms. The van der Waals surface area contributed by atoms with Gasteiger partial charge in [-0.15, -0.1) is 11.3 Å². The van der Waals surface area contributed by atoms with Gasteiger partial charge in [0, 0.05) is 11.3 Å². The monoisotopic (exact) mass is 340 g/mol.